The van der Waals surface area contributed by atoms with Crippen LogP contribution in [0.15, 0.2) is 37.2 Å². The molecule has 0 radical (unpaired) electrons. The number of amides is 1. The average molecular weight is 546 g/mol. The number of piperazine rings is 1. The van der Waals surface area contributed by atoms with E-state index in [-0.39, 0.29) is 11.3 Å². The Kier molecular flexibility index (Phi) is 7.59. The number of carbonyl (C=O) groups excluding carboxylic acids is 1. The maximum atomic E-state index is 12.1. The molecule has 1 aliphatic carbocycles. The van der Waals surface area contributed by atoms with Crippen molar-refractivity contribution in [2.24, 2.45) is 0 Å². The number of hydrogen-bond donors (Lipinski definition) is 3. The molecule has 0 spiro atoms. The highest BCUT2D eigenvalue weighted by molar-refractivity contribution is 7.16. The van der Waals surface area contributed by atoms with E-state index >= 15 is 0 Å². The SMILES string of the molecule is C=CC(=O)N1CCN(c2cc(NCCNC)nc(-n3cc(C4(C)CCCc5sc(N)c(C#N)c54)cn3)c2)CC1. The van der Waals surface area contributed by atoms with Gasteiger partial charge in [-0.1, -0.05) is 13.5 Å². The van der Waals surface area contributed by atoms with E-state index in [0.29, 0.717) is 29.5 Å². The Morgan fingerprint density at radius 1 is 1.31 bits per heavy atom. The summed E-state index contributed by atoms with van der Waals surface area (Å²) < 4.78 is 1.82. The van der Waals surface area contributed by atoms with E-state index < -0.39 is 0 Å². The van der Waals surface area contributed by atoms with Crippen LogP contribution in [-0.4, -0.2) is 71.9 Å². The van der Waals surface area contributed by atoms with Crippen LogP contribution in [0.5, 0.6) is 0 Å². The molecule has 1 fully saturated rings. The molecule has 3 aromatic rings. The fraction of sp³-hybridized carbons (Fsp3) is 0.429. The van der Waals surface area contributed by atoms with Gasteiger partial charge in [0.05, 0.1) is 11.8 Å². The minimum absolute atomic E-state index is 0.0325. The molecule has 0 saturated carbocycles. The van der Waals surface area contributed by atoms with Gasteiger partial charge in [0.2, 0.25) is 5.91 Å². The van der Waals surface area contributed by atoms with Gasteiger partial charge in [-0.3, -0.25) is 4.79 Å². The second kappa shape index (κ2) is 11.1. The van der Waals surface area contributed by atoms with Crippen molar-refractivity contribution in [2.45, 2.75) is 31.6 Å². The number of thiophene rings is 1. The first-order valence-corrected chi connectivity index (χ1v) is 14.1. The highest BCUT2D eigenvalue weighted by atomic mass is 32.1. The van der Waals surface area contributed by atoms with E-state index in [2.05, 4.69) is 41.2 Å². The summed E-state index contributed by atoms with van der Waals surface area (Å²) in [5, 5.41) is 21.8. The van der Waals surface area contributed by atoms with Gasteiger partial charge in [0.15, 0.2) is 5.82 Å². The lowest BCUT2D eigenvalue weighted by molar-refractivity contribution is -0.126. The minimum atomic E-state index is -0.343. The monoisotopic (exact) mass is 545 g/mol. The van der Waals surface area contributed by atoms with Gasteiger partial charge in [0, 0.05) is 79.1 Å². The van der Waals surface area contributed by atoms with Gasteiger partial charge in [-0.2, -0.15) is 10.4 Å². The molecule has 39 heavy (non-hydrogen) atoms. The fourth-order valence-corrected chi connectivity index (χ4v) is 6.83. The van der Waals surface area contributed by atoms with Crippen molar-refractivity contribution in [3.8, 4) is 11.9 Å². The predicted octanol–water partition coefficient (Wildman–Crippen LogP) is 2.89. The molecule has 0 bridgehead atoms. The summed E-state index contributed by atoms with van der Waals surface area (Å²) >= 11 is 1.54. The molecule has 11 heteroatoms. The largest absolute Gasteiger partial charge is 0.389 e. The van der Waals surface area contributed by atoms with E-state index in [4.69, 9.17) is 15.8 Å². The molecule has 10 nitrogen and oxygen atoms in total. The maximum Gasteiger partial charge on any atom is 0.246 e. The van der Waals surface area contributed by atoms with Crippen molar-refractivity contribution >= 4 is 33.8 Å². The number of rotatable bonds is 8. The van der Waals surface area contributed by atoms with E-state index in [1.54, 1.807) is 11.3 Å². The normalized spacial score (nSPS) is 18.9. The number of fused-ring (bicyclic) bond motifs is 1. The van der Waals surface area contributed by atoms with E-state index in [0.717, 1.165) is 68.1 Å². The smallest absolute Gasteiger partial charge is 0.246 e. The number of likely N-dealkylation sites (N-methyl/N-ethyl adjacent to an activating group) is 1. The molecule has 4 heterocycles. The summed E-state index contributed by atoms with van der Waals surface area (Å²) in [5.41, 5.74) is 9.63. The Bertz CT molecular complexity index is 1410. The molecule has 1 atom stereocenters. The van der Waals surface area contributed by atoms with Crippen molar-refractivity contribution in [2.75, 3.05) is 62.3 Å². The molecular weight excluding hydrogens is 510 g/mol. The van der Waals surface area contributed by atoms with Crippen LogP contribution in [0.25, 0.3) is 5.82 Å². The van der Waals surface area contributed by atoms with Crippen LogP contribution >= 0.6 is 11.3 Å². The van der Waals surface area contributed by atoms with Crippen LogP contribution in [0, 0.1) is 11.3 Å². The Morgan fingerprint density at radius 3 is 2.82 bits per heavy atom. The third-order valence-electron chi connectivity index (χ3n) is 7.82. The third-order valence-corrected chi connectivity index (χ3v) is 8.89. The Balaban J connectivity index is 1.47. The molecule has 2 aliphatic rings. The number of pyridine rings is 1. The van der Waals surface area contributed by atoms with Crippen molar-refractivity contribution in [3.63, 3.8) is 0 Å². The zero-order valence-electron chi connectivity index (χ0n) is 22.5. The number of nitrogens with one attached hydrogen (secondary N) is 2. The first kappa shape index (κ1) is 26.7. The summed E-state index contributed by atoms with van der Waals surface area (Å²) in [6.07, 6.45) is 8.22. The summed E-state index contributed by atoms with van der Waals surface area (Å²) in [6, 6.07) is 6.45. The van der Waals surface area contributed by atoms with Gasteiger partial charge < -0.3 is 26.2 Å². The van der Waals surface area contributed by atoms with Gasteiger partial charge in [-0.15, -0.1) is 11.3 Å². The van der Waals surface area contributed by atoms with Crippen LogP contribution in [0.2, 0.25) is 0 Å². The molecular formula is C28H35N9OS. The molecule has 5 rings (SSSR count). The van der Waals surface area contributed by atoms with E-state index in [9.17, 15) is 10.1 Å². The molecule has 1 amide bonds. The zero-order valence-corrected chi connectivity index (χ0v) is 23.4. The number of carbonyl (C=O) groups is 1. The second-order valence-electron chi connectivity index (χ2n) is 10.2. The third kappa shape index (κ3) is 5.10. The number of nitrogen functional groups attached to an aromatic ring is 1. The Labute approximate surface area is 233 Å². The molecule has 3 aromatic heterocycles. The number of nitrogens with two attached hydrogens (primary N) is 1. The van der Waals surface area contributed by atoms with Crippen molar-refractivity contribution in [1.82, 2.24) is 25.0 Å². The first-order chi connectivity index (χ1) is 18.9. The minimum Gasteiger partial charge on any atom is -0.389 e. The molecule has 204 valence electrons. The number of hydrogen-bond acceptors (Lipinski definition) is 9. The Morgan fingerprint density at radius 2 is 2.10 bits per heavy atom. The zero-order chi connectivity index (χ0) is 27.6. The van der Waals surface area contributed by atoms with Crippen molar-refractivity contribution < 1.29 is 4.79 Å². The quantitative estimate of drug-likeness (QED) is 0.291. The van der Waals surface area contributed by atoms with Gasteiger partial charge in [0.1, 0.15) is 16.9 Å². The van der Waals surface area contributed by atoms with Crippen LogP contribution in [0.3, 0.4) is 0 Å². The second-order valence-corrected chi connectivity index (χ2v) is 11.4. The van der Waals surface area contributed by atoms with Crippen LogP contribution in [0.4, 0.5) is 16.5 Å². The summed E-state index contributed by atoms with van der Waals surface area (Å²) in [4.78, 5) is 22.2. The number of nitrogens with zero attached hydrogens (tertiary/aromatic N) is 6. The topological polar surface area (TPSA) is 128 Å². The summed E-state index contributed by atoms with van der Waals surface area (Å²) in [5.74, 6) is 1.44. The van der Waals surface area contributed by atoms with E-state index in [1.807, 2.05) is 35.1 Å². The average Bonchev–Trinajstić information content (AvgIpc) is 3.58. The highest BCUT2D eigenvalue weighted by Gasteiger charge is 2.39. The van der Waals surface area contributed by atoms with Crippen LogP contribution in [-0.2, 0) is 16.6 Å². The standard InChI is InChI=1S/C28H35N9OS/c1-4-25(38)36-12-10-35(11-13-36)20-14-23(32-9-8-31-3)34-24(15-20)37-18-19(17-33-37)28(2)7-5-6-22-26(28)21(16-29)27(30)39-22/h4,14-15,17-18,31H,1,5-13,30H2,2-3H3,(H,32,34). The number of anilines is 3. The summed E-state index contributed by atoms with van der Waals surface area (Å²) in [6.45, 7) is 10.1. The van der Waals surface area contributed by atoms with Crippen LogP contribution in [0.1, 0.15) is 41.3 Å². The number of aryl methyl sites for hydroxylation is 1. The maximum absolute atomic E-state index is 12.1. The highest BCUT2D eigenvalue weighted by Crippen LogP contribution is 2.48. The number of aromatic nitrogens is 3. The van der Waals surface area contributed by atoms with Gasteiger partial charge >= 0.3 is 0 Å². The molecule has 0 aromatic carbocycles. The van der Waals surface area contributed by atoms with Crippen LogP contribution < -0.4 is 21.3 Å². The van der Waals surface area contributed by atoms with Crippen molar-refractivity contribution in [1.29, 1.82) is 5.26 Å². The van der Waals surface area contributed by atoms with Crippen molar-refractivity contribution in [3.05, 3.63) is 58.7 Å². The molecule has 1 saturated heterocycles. The van der Waals surface area contributed by atoms with Gasteiger partial charge in [-0.05, 0) is 37.9 Å². The predicted molar refractivity (Wildman–Crippen MR) is 156 cm³/mol. The van der Waals surface area contributed by atoms with Gasteiger partial charge in [-0.25, -0.2) is 9.67 Å². The molecule has 1 unspecified atom stereocenters. The first-order valence-electron chi connectivity index (χ1n) is 13.3. The molecule has 4 N–H and O–H groups in total. The van der Waals surface area contributed by atoms with Gasteiger partial charge in [0.25, 0.3) is 0 Å². The van der Waals surface area contributed by atoms with E-state index in [1.165, 1.54) is 11.0 Å². The molecule has 1 aliphatic heterocycles. The lowest BCUT2D eigenvalue weighted by Gasteiger charge is -2.36. The lowest BCUT2D eigenvalue weighted by atomic mass is 9.69. The summed E-state index contributed by atoms with van der Waals surface area (Å²) in [7, 11) is 1.92. The lowest BCUT2D eigenvalue weighted by Crippen LogP contribution is -2.48. The fourth-order valence-electron chi connectivity index (χ4n) is 5.64. The Hall–Kier alpha value is -3.88. The number of nitriles is 1.